The highest BCUT2D eigenvalue weighted by Gasteiger charge is 2.44. The lowest BCUT2D eigenvalue weighted by atomic mass is 9.92. The Morgan fingerprint density at radius 2 is 1.70 bits per heavy atom. The molecule has 3 aromatic rings. The van der Waals surface area contributed by atoms with Crippen molar-refractivity contribution in [1.29, 1.82) is 0 Å². The maximum Gasteiger partial charge on any atom is 0.294 e. The number of aliphatic hydroxyl groups is 1. The summed E-state index contributed by atoms with van der Waals surface area (Å²) in [4.78, 5) is 27.8. The summed E-state index contributed by atoms with van der Waals surface area (Å²) in [5.41, 5.74) is 7.79. The fourth-order valence-electron chi connectivity index (χ4n) is 3.49. The molecule has 1 amide bonds. The Kier molecular flexibility index (Phi) is 5.37. The molecule has 1 atom stereocenters. The number of nitrogen functional groups attached to an aromatic ring is 1. The molecule has 3 aromatic carbocycles. The molecule has 0 aliphatic carbocycles. The summed E-state index contributed by atoms with van der Waals surface area (Å²) in [6, 6.07) is 19.7. The average molecular weight is 484 g/mol. The molecule has 0 radical (unpaired) electrons. The van der Waals surface area contributed by atoms with Crippen LogP contribution < -0.4 is 10.6 Å². The molecule has 3 N–H and O–H groups in total. The molecule has 0 bridgehead atoms. The van der Waals surface area contributed by atoms with Gasteiger partial charge in [0.1, 0.15) is 0 Å². The minimum Gasteiger partial charge on any atom is -0.503 e. The maximum atomic E-state index is 13.4. The molecule has 5 nitrogen and oxygen atoms in total. The van der Waals surface area contributed by atoms with Crippen molar-refractivity contribution in [2.75, 3.05) is 10.6 Å². The number of Topliss-reactive ketones (excluding diaryl/α,β-unsaturated/α-hetero) is 1. The van der Waals surface area contributed by atoms with Crippen LogP contribution in [-0.4, -0.2) is 16.8 Å². The zero-order chi connectivity index (χ0) is 21.4. The summed E-state index contributed by atoms with van der Waals surface area (Å²) >= 11 is 9.34. The highest BCUT2D eigenvalue weighted by atomic mass is 79.9. The third-order valence-electron chi connectivity index (χ3n) is 4.93. The number of carbonyl (C=O) groups excluding carboxylic acids is 2. The summed E-state index contributed by atoms with van der Waals surface area (Å²) in [5, 5.41) is 11.3. The molecule has 0 saturated heterocycles. The quantitative estimate of drug-likeness (QED) is 0.381. The van der Waals surface area contributed by atoms with E-state index in [0.29, 0.717) is 26.4 Å². The van der Waals surface area contributed by atoms with E-state index in [-0.39, 0.29) is 11.1 Å². The van der Waals surface area contributed by atoms with E-state index in [0.717, 1.165) is 0 Å². The molecule has 150 valence electrons. The van der Waals surface area contributed by atoms with Crippen LogP contribution in [0, 0.1) is 0 Å². The van der Waals surface area contributed by atoms with Gasteiger partial charge in [0.05, 0.1) is 11.6 Å². The summed E-state index contributed by atoms with van der Waals surface area (Å²) in [7, 11) is 0. The molecule has 30 heavy (non-hydrogen) atoms. The van der Waals surface area contributed by atoms with Gasteiger partial charge in [0.25, 0.3) is 5.91 Å². The van der Waals surface area contributed by atoms with Gasteiger partial charge < -0.3 is 10.8 Å². The fourth-order valence-corrected chi connectivity index (χ4v) is 3.87. The van der Waals surface area contributed by atoms with Crippen molar-refractivity contribution in [2.45, 2.75) is 6.04 Å². The summed E-state index contributed by atoms with van der Waals surface area (Å²) in [6.07, 6.45) is 0. The Morgan fingerprint density at radius 3 is 2.33 bits per heavy atom. The number of ketones is 1. The van der Waals surface area contributed by atoms with E-state index in [1.165, 1.54) is 11.0 Å². The predicted octanol–water partition coefficient (Wildman–Crippen LogP) is 5.47. The number of hydrogen-bond donors (Lipinski definition) is 2. The lowest BCUT2D eigenvalue weighted by molar-refractivity contribution is -0.117. The third kappa shape index (κ3) is 3.49. The van der Waals surface area contributed by atoms with Crippen LogP contribution in [0.3, 0.4) is 0 Å². The van der Waals surface area contributed by atoms with Gasteiger partial charge in [0, 0.05) is 26.4 Å². The van der Waals surface area contributed by atoms with Crippen molar-refractivity contribution in [1.82, 2.24) is 0 Å². The van der Waals surface area contributed by atoms with Crippen molar-refractivity contribution >= 4 is 50.6 Å². The van der Waals surface area contributed by atoms with E-state index in [1.54, 1.807) is 60.7 Å². The molecule has 1 heterocycles. The standard InChI is InChI=1S/C23H16BrClN2O3/c24-17-11-8-14(12-18(17)26)21(28)19-20(13-6-9-15(25)10-7-13)27(23(30)22(19)29)16-4-2-1-3-5-16/h1-12,20,29H,26H2. The Bertz CT molecular complexity index is 1180. The minimum absolute atomic E-state index is 0.00658. The lowest BCUT2D eigenvalue weighted by Gasteiger charge is -2.27. The highest BCUT2D eigenvalue weighted by molar-refractivity contribution is 9.10. The van der Waals surface area contributed by atoms with Gasteiger partial charge in [-0.2, -0.15) is 0 Å². The molecule has 1 aliphatic heterocycles. The molecule has 0 fully saturated rings. The van der Waals surface area contributed by atoms with Gasteiger partial charge in [-0.1, -0.05) is 41.9 Å². The predicted molar refractivity (Wildman–Crippen MR) is 121 cm³/mol. The first-order valence-electron chi connectivity index (χ1n) is 9.05. The Labute approximate surface area is 186 Å². The van der Waals surface area contributed by atoms with Gasteiger partial charge in [0.2, 0.25) is 0 Å². The number of nitrogens with two attached hydrogens (primary N) is 1. The molecule has 4 rings (SSSR count). The lowest BCUT2D eigenvalue weighted by Crippen LogP contribution is -2.31. The molecule has 1 aliphatic rings. The monoisotopic (exact) mass is 482 g/mol. The van der Waals surface area contributed by atoms with Gasteiger partial charge in [-0.3, -0.25) is 14.5 Å². The van der Waals surface area contributed by atoms with Gasteiger partial charge >= 0.3 is 0 Å². The highest BCUT2D eigenvalue weighted by Crippen LogP contribution is 2.42. The number of amides is 1. The number of halogens is 2. The van der Waals surface area contributed by atoms with Crippen molar-refractivity contribution in [3.8, 4) is 0 Å². The van der Waals surface area contributed by atoms with Gasteiger partial charge in [-0.25, -0.2) is 0 Å². The van der Waals surface area contributed by atoms with Crippen molar-refractivity contribution in [2.24, 2.45) is 0 Å². The second-order valence-corrected chi connectivity index (χ2v) is 8.08. The maximum absolute atomic E-state index is 13.4. The van der Waals surface area contributed by atoms with E-state index >= 15 is 0 Å². The average Bonchev–Trinajstić information content (AvgIpc) is 3.01. The number of anilines is 2. The van der Waals surface area contributed by atoms with Crippen LogP contribution in [0.15, 0.2) is 88.6 Å². The van der Waals surface area contributed by atoms with Gasteiger partial charge in [-0.15, -0.1) is 0 Å². The molecular formula is C23H16BrClN2O3. The number of benzene rings is 3. The van der Waals surface area contributed by atoms with Crippen LogP contribution in [0.4, 0.5) is 11.4 Å². The van der Waals surface area contributed by atoms with Gasteiger partial charge in [-0.05, 0) is 64.0 Å². The number of para-hydroxylation sites is 1. The zero-order valence-electron chi connectivity index (χ0n) is 15.5. The summed E-state index contributed by atoms with van der Waals surface area (Å²) in [6.45, 7) is 0. The van der Waals surface area contributed by atoms with Crippen LogP contribution in [0.2, 0.25) is 5.02 Å². The number of carbonyl (C=O) groups is 2. The summed E-state index contributed by atoms with van der Waals surface area (Å²) < 4.78 is 0.653. The topological polar surface area (TPSA) is 83.6 Å². The Hall–Kier alpha value is -3.09. The number of rotatable bonds is 4. The van der Waals surface area contributed by atoms with Crippen LogP contribution >= 0.6 is 27.5 Å². The van der Waals surface area contributed by atoms with Crippen molar-refractivity contribution in [3.63, 3.8) is 0 Å². The second kappa shape index (κ2) is 7.97. The molecule has 0 saturated carbocycles. The fraction of sp³-hybridized carbons (Fsp3) is 0.0435. The van der Waals surface area contributed by atoms with Crippen molar-refractivity contribution < 1.29 is 14.7 Å². The molecule has 0 spiro atoms. The van der Waals surface area contributed by atoms with E-state index < -0.39 is 23.5 Å². The minimum atomic E-state index is -0.811. The number of nitrogens with zero attached hydrogens (tertiary/aromatic N) is 1. The van der Waals surface area contributed by atoms with Crippen LogP contribution in [0.25, 0.3) is 0 Å². The Morgan fingerprint density at radius 1 is 1.03 bits per heavy atom. The smallest absolute Gasteiger partial charge is 0.294 e. The molecular weight excluding hydrogens is 468 g/mol. The van der Waals surface area contributed by atoms with E-state index in [1.807, 2.05) is 6.07 Å². The first-order valence-corrected chi connectivity index (χ1v) is 10.2. The van der Waals surface area contributed by atoms with Crippen LogP contribution in [0.5, 0.6) is 0 Å². The van der Waals surface area contributed by atoms with E-state index in [4.69, 9.17) is 17.3 Å². The third-order valence-corrected chi connectivity index (χ3v) is 5.91. The molecule has 0 aromatic heterocycles. The Balaban J connectivity index is 1.88. The number of hydrogen-bond acceptors (Lipinski definition) is 4. The number of aliphatic hydroxyl groups excluding tert-OH is 1. The van der Waals surface area contributed by atoms with E-state index in [9.17, 15) is 14.7 Å². The SMILES string of the molecule is Nc1cc(C(=O)C2=C(O)C(=O)N(c3ccccc3)C2c2ccc(Cl)cc2)ccc1Br. The second-order valence-electron chi connectivity index (χ2n) is 6.79. The van der Waals surface area contributed by atoms with Crippen molar-refractivity contribution in [3.05, 3.63) is 105 Å². The molecule has 1 unspecified atom stereocenters. The van der Waals surface area contributed by atoms with E-state index in [2.05, 4.69) is 15.9 Å². The zero-order valence-corrected chi connectivity index (χ0v) is 17.9. The van der Waals surface area contributed by atoms with Crippen LogP contribution in [0.1, 0.15) is 22.0 Å². The van der Waals surface area contributed by atoms with Crippen LogP contribution in [-0.2, 0) is 4.79 Å². The first kappa shape index (κ1) is 20.2. The first-order chi connectivity index (χ1) is 14.4. The largest absolute Gasteiger partial charge is 0.503 e. The summed E-state index contributed by atoms with van der Waals surface area (Å²) in [5.74, 6) is -1.70. The molecule has 7 heteroatoms. The normalized spacial score (nSPS) is 16.3. The van der Waals surface area contributed by atoms with Gasteiger partial charge in [0.15, 0.2) is 11.5 Å².